The molecule has 2 nitrogen and oxygen atoms in total. The van der Waals surface area contributed by atoms with Crippen LogP contribution in [-0.2, 0) is 16.1 Å². The fourth-order valence-corrected chi connectivity index (χ4v) is 1.55. The molecule has 0 aromatic heterocycles. The Kier molecular flexibility index (Phi) is 7.43. The minimum absolute atomic E-state index is 0.107. The predicted molar refractivity (Wildman–Crippen MR) is 73.0 cm³/mol. The first-order chi connectivity index (χ1) is 8.33. The van der Waals surface area contributed by atoms with E-state index in [0.29, 0.717) is 6.61 Å². The van der Waals surface area contributed by atoms with Crippen LogP contribution in [0.2, 0.25) is 0 Å². The average molecular weight is 250 g/mol. The molecular weight excluding hydrogens is 232 g/mol. The van der Waals surface area contributed by atoms with Crippen molar-refractivity contribution in [2.24, 2.45) is 0 Å². The van der Waals surface area contributed by atoms with Crippen molar-refractivity contribution >= 4 is 16.9 Å². The van der Waals surface area contributed by atoms with Gasteiger partial charge in [-0.3, -0.25) is 4.79 Å². The summed E-state index contributed by atoms with van der Waals surface area (Å²) < 4.78 is 5.53. The van der Waals surface area contributed by atoms with Crippen LogP contribution in [0.1, 0.15) is 18.4 Å². The summed E-state index contributed by atoms with van der Waals surface area (Å²) in [6.45, 7) is 1.39. The minimum Gasteiger partial charge on any atom is -0.377 e. The lowest BCUT2D eigenvalue weighted by molar-refractivity contribution is -0.107. The van der Waals surface area contributed by atoms with E-state index in [-0.39, 0.29) is 5.12 Å². The lowest BCUT2D eigenvalue weighted by Crippen LogP contribution is -1.94. The zero-order valence-electron chi connectivity index (χ0n) is 10.1. The van der Waals surface area contributed by atoms with Crippen LogP contribution in [-0.4, -0.2) is 18.0 Å². The molecule has 0 atom stereocenters. The van der Waals surface area contributed by atoms with E-state index in [4.69, 9.17) is 4.74 Å². The van der Waals surface area contributed by atoms with Crippen molar-refractivity contribution in [1.29, 1.82) is 0 Å². The van der Waals surface area contributed by atoms with Gasteiger partial charge in [-0.2, -0.15) is 0 Å². The quantitative estimate of drug-likeness (QED) is 0.548. The lowest BCUT2D eigenvalue weighted by Gasteiger charge is -2.02. The molecule has 0 saturated carbocycles. The van der Waals surface area contributed by atoms with Crippen LogP contribution in [0, 0.1) is 0 Å². The summed E-state index contributed by atoms with van der Waals surface area (Å²) in [6, 6.07) is 10.1. The zero-order chi connectivity index (χ0) is 12.3. The number of carbonyl (C=O) groups excluding carboxylic acids is 1. The Balaban J connectivity index is 2.02. The monoisotopic (exact) mass is 250 g/mol. The van der Waals surface area contributed by atoms with Crippen molar-refractivity contribution in [3.8, 4) is 0 Å². The van der Waals surface area contributed by atoms with Gasteiger partial charge in [0.1, 0.15) is 0 Å². The second-order valence-corrected chi connectivity index (χ2v) is 4.42. The molecule has 1 rings (SSSR count). The SMILES string of the molecule is CSC(=O)/C=C/CCCOCc1ccccc1. The van der Waals surface area contributed by atoms with Gasteiger partial charge in [-0.05, 0) is 30.7 Å². The van der Waals surface area contributed by atoms with Gasteiger partial charge in [0.25, 0.3) is 0 Å². The maximum absolute atomic E-state index is 10.9. The second-order valence-electron chi connectivity index (χ2n) is 3.61. The van der Waals surface area contributed by atoms with E-state index in [0.717, 1.165) is 19.4 Å². The van der Waals surface area contributed by atoms with Crippen LogP contribution in [0.5, 0.6) is 0 Å². The molecule has 0 N–H and O–H groups in total. The zero-order valence-corrected chi connectivity index (χ0v) is 10.9. The molecule has 1 aromatic carbocycles. The molecule has 0 saturated heterocycles. The third kappa shape index (κ3) is 6.97. The molecule has 0 unspecified atom stereocenters. The third-order valence-electron chi connectivity index (χ3n) is 2.23. The Hall–Kier alpha value is -1.06. The number of unbranched alkanes of at least 4 members (excludes halogenated alkanes) is 1. The van der Waals surface area contributed by atoms with Gasteiger partial charge in [0.15, 0.2) is 0 Å². The first-order valence-electron chi connectivity index (χ1n) is 5.69. The summed E-state index contributed by atoms with van der Waals surface area (Å²) in [7, 11) is 0. The Morgan fingerprint density at radius 2 is 2.12 bits per heavy atom. The van der Waals surface area contributed by atoms with Crippen molar-refractivity contribution in [2.75, 3.05) is 12.9 Å². The summed E-state index contributed by atoms with van der Waals surface area (Å²) in [5, 5.41) is 0.107. The summed E-state index contributed by atoms with van der Waals surface area (Å²) in [5.74, 6) is 0. The number of rotatable bonds is 7. The Bertz CT molecular complexity index is 346. The fourth-order valence-electron chi connectivity index (χ4n) is 1.32. The van der Waals surface area contributed by atoms with Gasteiger partial charge in [-0.25, -0.2) is 0 Å². The number of allylic oxidation sites excluding steroid dienone is 1. The van der Waals surface area contributed by atoms with E-state index >= 15 is 0 Å². The summed E-state index contributed by atoms with van der Waals surface area (Å²) in [5.41, 5.74) is 1.20. The summed E-state index contributed by atoms with van der Waals surface area (Å²) in [6.07, 6.45) is 7.16. The molecule has 1 aromatic rings. The van der Waals surface area contributed by atoms with Gasteiger partial charge in [-0.15, -0.1) is 0 Å². The first-order valence-corrected chi connectivity index (χ1v) is 6.91. The number of carbonyl (C=O) groups is 1. The molecule has 0 aliphatic carbocycles. The van der Waals surface area contributed by atoms with Gasteiger partial charge in [0.05, 0.1) is 6.61 Å². The molecule has 17 heavy (non-hydrogen) atoms. The summed E-state index contributed by atoms with van der Waals surface area (Å²) >= 11 is 1.23. The molecular formula is C14H18O2S. The van der Waals surface area contributed by atoms with Gasteiger partial charge in [0.2, 0.25) is 5.12 Å². The first kappa shape index (κ1) is 14.0. The molecule has 0 heterocycles. The maximum Gasteiger partial charge on any atom is 0.211 e. The van der Waals surface area contributed by atoms with E-state index in [9.17, 15) is 4.79 Å². The fraction of sp³-hybridized carbons (Fsp3) is 0.357. The van der Waals surface area contributed by atoms with Crippen molar-refractivity contribution < 1.29 is 9.53 Å². The van der Waals surface area contributed by atoms with Gasteiger partial charge in [-0.1, -0.05) is 48.2 Å². The molecule has 0 spiro atoms. The number of thioether (sulfide) groups is 1. The number of hydrogen-bond donors (Lipinski definition) is 0. The van der Waals surface area contributed by atoms with Crippen molar-refractivity contribution in [3.05, 3.63) is 48.0 Å². The number of ether oxygens (including phenoxy) is 1. The highest BCUT2D eigenvalue weighted by molar-refractivity contribution is 8.13. The van der Waals surface area contributed by atoms with E-state index in [1.165, 1.54) is 17.3 Å². The largest absolute Gasteiger partial charge is 0.377 e. The van der Waals surface area contributed by atoms with Crippen LogP contribution < -0.4 is 0 Å². The van der Waals surface area contributed by atoms with Crippen LogP contribution in [0.3, 0.4) is 0 Å². The van der Waals surface area contributed by atoms with E-state index < -0.39 is 0 Å². The van der Waals surface area contributed by atoms with Crippen molar-refractivity contribution in [1.82, 2.24) is 0 Å². The molecule has 92 valence electrons. The Morgan fingerprint density at radius 3 is 2.82 bits per heavy atom. The third-order valence-corrected chi connectivity index (χ3v) is 2.76. The van der Waals surface area contributed by atoms with Gasteiger partial charge in [0, 0.05) is 6.61 Å². The highest BCUT2D eigenvalue weighted by atomic mass is 32.2. The van der Waals surface area contributed by atoms with Crippen LogP contribution in [0.25, 0.3) is 0 Å². The minimum atomic E-state index is 0.107. The lowest BCUT2D eigenvalue weighted by atomic mass is 10.2. The molecule has 3 heteroatoms. The molecule has 0 radical (unpaired) electrons. The number of hydrogen-bond acceptors (Lipinski definition) is 3. The van der Waals surface area contributed by atoms with E-state index in [2.05, 4.69) is 12.1 Å². The summed E-state index contributed by atoms with van der Waals surface area (Å²) in [4.78, 5) is 10.9. The van der Waals surface area contributed by atoms with Crippen LogP contribution >= 0.6 is 11.8 Å². The second kappa shape index (κ2) is 9.02. The average Bonchev–Trinajstić information content (AvgIpc) is 2.38. The maximum atomic E-state index is 10.9. The Labute approximate surface area is 107 Å². The van der Waals surface area contributed by atoms with E-state index in [1.807, 2.05) is 24.3 Å². The smallest absolute Gasteiger partial charge is 0.211 e. The number of benzene rings is 1. The Morgan fingerprint density at radius 1 is 1.35 bits per heavy atom. The molecule has 0 aliphatic heterocycles. The highest BCUT2D eigenvalue weighted by Gasteiger charge is 1.92. The van der Waals surface area contributed by atoms with Crippen LogP contribution in [0.4, 0.5) is 0 Å². The normalized spacial score (nSPS) is 10.9. The van der Waals surface area contributed by atoms with E-state index in [1.54, 1.807) is 12.3 Å². The van der Waals surface area contributed by atoms with Gasteiger partial charge < -0.3 is 4.74 Å². The molecule has 0 bridgehead atoms. The van der Waals surface area contributed by atoms with Crippen molar-refractivity contribution in [2.45, 2.75) is 19.4 Å². The standard InChI is InChI=1S/C14H18O2S/c1-17-14(15)10-6-3-7-11-16-12-13-8-4-2-5-9-13/h2,4-6,8-10H,3,7,11-12H2,1H3/b10-6+. The highest BCUT2D eigenvalue weighted by Crippen LogP contribution is 2.02. The predicted octanol–water partition coefficient (Wildman–Crippen LogP) is 3.43. The molecule has 0 aliphatic rings. The van der Waals surface area contributed by atoms with Gasteiger partial charge >= 0.3 is 0 Å². The molecule has 0 fully saturated rings. The molecule has 0 amide bonds. The van der Waals surface area contributed by atoms with Crippen molar-refractivity contribution in [3.63, 3.8) is 0 Å². The van der Waals surface area contributed by atoms with Crippen LogP contribution in [0.15, 0.2) is 42.5 Å². The topological polar surface area (TPSA) is 26.3 Å².